The lowest BCUT2D eigenvalue weighted by Gasteiger charge is -2.34. The van der Waals surface area contributed by atoms with Crippen molar-refractivity contribution in [3.63, 3.8) is 0 Å². The monoisotopic (exact) mass is 641 g/mol. The minimum absolute atomic E-state index is 0.0842. The van der Waals surface area contributed by atoms with Crippen LogP contribution in [0, 0.1) is 11.8 Å². The summed E-state index contributed by atoms with van der Waals surface area (Å²) in [5.74, 6) is 1.54. The molecule has 1 aliphatic carbocycles. The number of alkyl halides is 1. The van der Waals surface area contributed by atoms with Gasteiger partial charge in [-0.3, -0.25) is 0 Å². The fourth-order valence-electron chi connectivity index (χ4n) is 9.31. The zero-order valence-electron chi connectivity index (χ0n) is 28.7. The first-order valence-electron chi connectivity index (χ1n) is 17.8. The molecule has 3 heteroatoms. The molecule has 0 aromatic heterocycles. The van der Waals surface area contributed by atoms with E-state index in [2.05, 4.69) is 141 Å². The van der Waals surface area contributed by atoms with Gasteiger partial charge in [0.05, 0.1) is 5.41 Å². The molecule has 2 unspecified atom stereocenters. The Balaban J connectivity index is 1.30. The van der Waals surface area contributed by atoms with E-state index in [4.69, 9.17) is 11.6 Å². The van der Waals surface area contributed by atoms with Crippen LogP contribution in [-0.4, -0.2) is 29.8 Å². The fourth-order valence-corrected chi connectivity index (χ4v) is 9.75. The first kappa shape index (κ1) is 32.0. The van der Waals surface area contributed by atoms with Crippen LogP contribution < -0.4 is 4.90 Å². The largest absolute Gasteiger partial charge is 0.347 e. The van der Waals surface area contributed by atoms with Crippen molar-refractivity contribution in [2.24, 2.45) is 11.8 Å². The third kappa shape index (κ3) is 5.28. The lowest BCUT2D eigenvalue weighted by molar-refractivity contribution is -0.438. The number of anilines is 1. The highest BCUT2D eigenvalue weighted by molar-refractivity contribution is 6.18. The summed E-state index contributed by atoms with van der Waals surface area (Å²) in [5, 5.41) is 5.24. The van der Waals surface area contributed by atoms with Gasteiger partial charge in [-0.05, 0) is 78.4 Å². The van der Waals surface area contributed by atoms with E-state index in [0.717, 1.165) is 12.5 Å². The number of hydrogen-bond acceptors (Lipinski definition) is 1. The molecule has 4 aromatic carbocycles. The van der Waals surface area contributed by atoms with Crippen LogP contribution in [0.1, 0.15) is 76.8 Å². The van der Waals surface area contributed by atoms with Gasteiger partial charge in [0.2, 0.25) is 5.69 Å². The second-order valence-electron chi connectivity index (χ2n) is 14.8. The van der Waals surface area contributed by atoms with Gasteiger partial charge in [0.15, 0.2) is 5.71 Å². The Hall–Kier alpha value is -3.62. The van der Waals surface area contributed by atoms with Crippen LogP contribution in [0.25, 0.3) is 21.5 Å². The lowest BCUT2D eigenvalue weighted by Crippen LogP contribution is -2.34. The van der Waals surface area contributed by atoms with Gasteiger partial charge in [0, 0.05) is 59.8 Å². The van der Waals surface area contributed by atoms with E-state index in [1.54, 1.807) is 0 Å². The first-order valence-corrected chi connectivity index (χ1v) is 18.3. The highest BCUT2D eigenvalue weighted by Gasteiger charge is 2.48. The molecule has 3 aliphatic rings. The van der Waals surface area contributed by atoms with E-state index in [1.807, 2.05) is 0 Å². The zero-order chi connectivity index (χ0) is 32.8. The predicted molar refractivity (Wildman–Crippen MR) is 204 cm³/mol. The van der Waals surface area contributed by atoms with Crippen molar-refractivity contribution in [1.82, 2.24) is 0 Å². The summed E-state index contributed by atoms with van der Waals surface area (Å²) in [5.41, 5.74) is 7.62. The molecule has 242 valence electrons. The van der Waals surface area contributed by atoms with E-state index in [1.165, 1.54) is 100 Å². The Morgan fingerprint density at radius 2 is 1.55 bits per heavy atom. The van der Waals surface area contributed by atoms with Crippen LogP contribution in [0.5, 0.6) is 0 Å². The molecule has 0 radical (unpaired) electrons. The Bertz CT molecular complexity index is 1920. The number of hydrogen-bond donors (Lipinski definition) is 0. The Kier molecular flexibility index (Phi) is 8.68. The number of benzene rings is 4. The maximum absolute atomic E-state index is 6.72. The summed E-state index contributed by atoms with van der Waals surface area (Å²) >= 11 is 6.72. The Labute approximate surface area is 287 Å². The number of rotatable bonds is 10. The normalized spacial score (nSPS) is 22.2. The molecule has 0 N–H and O–H groups in total. The smallest absolute Gasteiger partial charge is 0.210 e. The highest BCUT2D eigenvalue weighted by Crippen LogP contribution is 2.54. The molecule has 1 saturated carbocycles. The molecule has 2 aliphatic heterocycles. The quantitative estimate of drug-likeness (QED) is 0.0722. The van der Waals surface area contributed by atoms with Gasteiger partial charge in [0.1, 0.15) is 6.54 Å². The number of fused-ring (bicyclic) bond motifs is 6. The van der Waals surface area contributed by atoms with Gasteiger partial charge < -0.3 is 4.90 Å². The molecule has 0 bridgehead atoms. The van der Waals surface area contributed by atoms with Gasteiger partial charge in [-0.2, -0.15) is 4.58 Å². The van der Waals surface area contributed by atoms with Gasteiger partial charge in [0.25, 0.3) is 0 Å². The van der Waals surface area contributed by atoms with Gasteiger partial charge in [-0.1, -0.05) is 98.9 Å². The van der Waals surface area contributed by atoms with Crippen molar-refractivity contribution in [2.45, 2.75) is 76.5 Å². The summed E-state index contributed by atoms with van der Waals surface area (Å²) in [6.45, 7) is 12.5. The third-order valence-corrected chi connectivity index (χ3v) is 12.2. The van der Waals surface area contributed by atoms with E-state index in [9.17, 15) is 0 Å². The molecule has 2 atom stereocenters. The second-order valence-corrected chi connectivity index (χ2v) is 15.1. The number of allylic oxidation sites excluding steroid dienone is 5. The van der Waals surface area contributed by atoms with Crippen molar-refractivity contribution in [3.05, 3.63) is 121 Å². The molecule has 0 saturated heterocycles. The molecule has 0 spiro atoms. The number of likely N-dealkylation sites (N-methyl/N-ethyl adjacent to an activating group) is 1. The average molecular weight is 642 g/mol. The van der Waals surface area contributed by atoms with Gasteiger partial charge in [-0.15, -0.1) is 18.2 Å². The van der Waals surface area contributed by atoms with E-state index < -0.39 is 0 Å². The predicted octanol–water partition coefficient (Wildman–Crippen LogP) is 11.6. The van der Waals surface area contributed by atoms with E-state index in [-0.39, 0.29) is 16.7 Å². The molecule has 1 fully saturated rings. The van der Waals surface area contributed by atoms with E-state index in [0.29, 0.717) is 5.88 Å². The summed E-state index contributed by atoms with van der Waals surface area (Å²) < 4.78 is 2.64. The first-order chi connectivity index (χ1) is 22.8. The van der Waals surface area contributed by atoms with Crippen LogP contribution in [0.4, 0.5) is 11.4 Å². The van der Waals surface area contributed by atoms with Crippen LogP contribution in [0.3, 0.4) is 0 Å². The van der Waals surface area contributed by atoms with E-state index >= 15 is 0 Å². The topological polar surface area (TPSA) is 6.25 Å². The lowest BCUT2D eigenvalue weighted by atomic mass is 9.70. The summed E-state index contributed by atoms with van der Waals surface area (Å²) in [4.78, 5) is 2.38. The maximum Gasteiger partial charge on any atom is 0.210 e. The molecule has 0 amide bonds. The number of unbranched alkanes of at least 4 members (excludes halogenated alkanes) is 1. The number of nitrogens with zero attached hydrogens (tertiary/aromatic N) is 2. The van der Waals surface area contributed by atoms with Crippen molar-refractivity contribution in [1.29, 1.82) is 0 Å². The number of halogens is 1. The Morgan fingerprint density at radius 3 is 2.23 bits per heavy atom. The molecule has 7 rings (SSSR count). The van der Waals surface area contributed by atoms with Crippen LogP contribution in [0.15, 0.2) is 109 Å². The molecular formula is C44H50ClN2+. The summed E-state index contributed by atoms with van der Waals surface area (Å²) in [7, 11) is 2.21. The zero-order valence-corrected chi connectivity index (χ0v) is 29.5. The Morgan fingerprint density at radius 1 is 0.894 bits per heavy atom. The molecule has 2 heterocycles. The average Bonchev–Trinajstić information content (AvgIpc) is 3.74. The van der Waals surface area contributed by atoms with Gasteiger partial charge in [-0.25, -0.2) is 0 Å². The second kappa shape index (κ2) is 12.8. The van der Waals surface area contributed by atoms with Crippen LogP contribution in [0.2, 0.25) is 0 Å². The summed E-state index contributed by atoms with van der Waals surface area (Å²) in [6.07, 6.45) is 18.7. The van der Waals surface area contributed by atoms with Crippen molar-refractivity contribution in [3.8, 4) is 0 Å². The van der Waals surface area contributed by atoms with Crippen molar-refractivity contribution in [2.75, 3.05) is 24.4 Å². The van der Waals surface area contributed by atoms with Crippen LogP contribution >= 0.6 is 11.6 Å². The maximum atomic E-state index is 6.72. The fraction of sp³-hybridized carbons (Fsp3) is 0.386. The minimum Gasteiger partial charge on any atom is -0.347 e. The molecule has 47 heavy (non-hydrogen) atoms. The molecular weight excluding hydrogens is 592 g/mol. The highest BCUT2D eigenvalue weighted by atomic mass is 35.5. The van der Waals surface area contributed by atoms with Crippen LogP contribution in [-0.2, 0) is 10.8 Å². The van der Waals surface area contributed by atoms with Crippen molar-refractivity contribution < 1.29 is 4.58 Å². The van der Waals surface area contributed by atoms with Crippen molar-refractivity contribution >= 4 is 50.2 Å². The standard InChI is InChI=1S/C44H50ClN2/c1-6-34(30-45)44(4)40(46(5)37-27-25-33-20-10-12-22-36(33)42(37)44)24-15-23-39-43(2,3)41-35-21-11-9-19-32(35)26-28-38(41)47(39)29-14-13-18-31-16-7-8-17-31/h6,9-12,15,19-28,31,34H,1,7-8,13-14,16-18,29-30H2,2-5H3/q+1. The third-order valence-electron chi connectivity index (χ3n) is 11.9. The minimum atomic E-state index is -0.312. The summed E-state index contributed by atoms with van der Waals surface area (Å²) in [6, 6.07) is 26.9. The SMILES string of the molecule is C=CC(CCl)C1(C)C(=CC=CC2=[N+](CCCCC3CCCC3)c3ccc4ccccc4c3C2(C)C)N(C)c2ccc3ccccc3c21. The van der Waals surface area contributed by atoms with Gasteiger partial charge >= 0.3 is 0 Å². The molecule has 4 aromatic rings. The molecule has 2 nitrogen and oxygen atoms in total.